The van der Waals surface area contributed by atoms with Crippen molar-refractivity contribution < 1.29 is 4.52 Å². The van der Waals surface area contributed by atoms with E-state index in [1.54, 1.807) is 0 Å². The Labute approximate surface area is 159 Å². The third kappa shape index (κ3) is 3.28. The van der Waals surface area contributed by atoms with Gasteiger partial charge in [-0.2, -0.15) is 0 Å². The van der Waals surface area contributed by atoms with Crippen LogP contribution in [0.2, 0.25) is 0 Å². The normalized spacial score (nSPS) is 11.5. The van der Waals surface area contributed by atoms with Gasteiger partial charge in [0.15, 0.2) is 5.76 Å². The molecule has 134 valence electrons. The molecule has 0 saturated carbocycles. The molecule has 4 rings (SSSR count). The van der Waals surface area contributed by atoms with Gasteiger partial charge in [0, 0.05) is 16.4 Å². The van der Waals surface area contributed by atoms with Crippen LogP contribution in [0.3, 0.4) is 0 Å². The summed E-state index contributed by atoms with van der Waals surface area (Å²) in [5, 5.41) is 8.18. The number of nitrogens with zero attached hydrogens (tertiary/aromatic N) is 2. The van der Waals surface area contributed by atoms with Gasteiger partial charge in [-0.05, 0) is 22.1 Å². The summed E-state index contributed by atoms with van der Waals surface area (Å²) in [5.41, 5.74) is 6.44. The van der Waals surface area contributed by atoms with E-state index in [9.17, 15) is 0 Å². The van der Waals surface area contributed by atoms with Crippen molar-refractivity contribution in [3.63, 3.8) is 0 Å². The van der Waals surface area contributed by atoms with Crippen LogP contribution < -0.4 is 0 Å². The molecule has 0 unspecified atom stereocenters. The summed E-state index contributed by atoms with van der Waals surface area (Å²) in [4.78, 5) is 0. The molecule has 0 aliphatic rings. The minimum atomic E-state index is 0.0358. The van der Waals surface area contributed by atoms with Crippen molar-refractivity contribution >= 4 is 0 Å². The molecule has 0 amide bonds. The summed E-state index contributed by atoms with van der Waals surface area (Å²) in [5.74, 6) is 0.691. The highest BCUT2D eigenvalue weighted by atomic mass is 16.5. The number of hydrogen-bond acceptors (Lipinski definition) is 3. The van der Waals surface area contributed by atoms with Crippen molar-refractivity contribution in [1.29, 1.82) is 0 Å². The molecule has 0 aliphatic heterocycles. The smallest absolute Gasteiger partial charge is 0.195 e. The van der Waals surface area contributed by atoms with Crippen molar-refractivity contribution in [3.05, 3.63) is 84.4 Å². The minimum absolute atomic E-state index is 0.0358. The van der Waals surface area contributed by atoms with Gasteiger partial charge in [-0.25, -0.2) is 0 Å². The summed E-state index contributed by atoms with van der Waals surface area (Å²) in [6.45, 7) is 6.71. The van der Waals surface area contributed by atoms with Gasteiger partial charge in [0.25, 0.3) is 0 Å². The van der Waals surface area contributed by atoms with Crippen molar-refractivity contribution in [2.24, 2.45) is 0 Å². The van der Waals surface area contributed by atoms with Gasteiger partial charge in [0.2, 0.25) is 0 Å². The van der Waals surface area contributed by atoms with E-state index in [0.29, 0.717) is 5.76 Å². The Kier molecular flexibility index (Phi) is 4.36. The molecule has 0 fully saturated rings. The molecular formula is C24H22N2O. The molecule has 3 nitrogen and oxygen atoms in total. The average molecular weight is 354 g/mol. The first kappa shape index (κ1) is 17.2. The first-order chi connectivity index (χ1) is 13.1. The molecule has 3 heteroatoms. The lowest BCUT2D eigenvalue weighted by molar-refractivity contribution is 0.403. The van der Waals surface area contributed by atoms with Gasteiger partial charge in [-0.3, -0.25) is 0 Å². The molecule has 0 aliphatic carbocycles. The van der Waals surface area contributed by atoms with Gasteiger partial charge in [0.05, 0.1) is 0 Å². The molecule has 0 radical (unpaired) electrons. The van der Waals surface area contributed by atoms with Crippen LogP contribution in [0.15, 0.2) is 83.4 Å². The monoisotopic (exact) mass is 354 g/mol. The van der Waals surface area contributed by atoms with Crippen LogP contribution in [0.1, 0.15) is 26.3 Å². The fourth-order valence-corrected chi connectivity index (χ4v) is 3.44. The molecule has 0 atom stereocenters. The molecule has 27 heavy (non-hydrogen) atoms. The van der Waals surface area contributed by atoms with E-state index in [1.165, 1.54) is 11.1 Å². The second-order valence-electron chi connectivity index (χ2n) is 7.66. The molecule has 0 saturated heterocycles. The fourth-order valence-electron chi connectivity index (χ4n) is 3.44. The van der Waals surface area contributed by atoms with Crippen LogP contribution in [0.4, 0.5) is 0 Å². The largest absolute Gasteiger partial charge is 0.336 e. The molecule has 4 aromatic rings. The van der Waals surface area contributed by atoms with E-state index in [2.05, 4.69) is 73.6 Å². The summed E-state index contributed by atoms with van der Waals surface area (Å²) in [7, 11) is 0. The van der Waals surface area contributed by atoms with Crippen molar-refractivity contribution in [3.8, 4) is 33.7 Å². The Balaban J connectivity index is 1.93. The van der Waals surface area contributed by atoms with Gasteiger partial charge in [0.1, 0.15) is 5.69 Å². The van der Waals surface area contributed by atoms with Crippen LogP contribution in [0.5, 0.6) is 0 Å². The molecule has 0 bridgehead atoms. The highest BCUT2D eigenvalue weighted by molar-refractivity contribution is 5.88. The summed E-state index contributed by atoms with van der Waals surface area (Å²) >= 11 is 0. The zero-order chi connectivity index (χ0) is 18.9. The Morgan fingerprint density at radius 1 is 0.667 bits per heavy atom. The summed E-state index contributed by atoms with van der Waals surface area (Å²) in [6.07, 6.45) is 0. The summed E-state index contributed by atoms with van der Waals surface area (Å²) in [6, 6.07) is 26.9. The van der Waals surface area contributed by atoms with Crippen LogP contribution in [0.25, 0.3) is 33.7 Å². The lowest BCUT2D eigenvalue weighted by Gasteiger charge is -2.24. The second kappa shape index (κ2) is 6.84. The third-order valence-corrected chi connectivity index (χ3v) is 4.73. The standard InChI is InChI=1S/C24H22N2O/c1-24(2,3)21-16-10-9-14-19(21)18-13-7-8-15-20(18)22-23(27-26-25-22)17-11-5-4-6-12-17/h4-16H,1-3H3. The number of hydrogen-bond donors (Lipinski definition) is 0. The average Bonchev–Trinajstić information content (AvgIpc) is 3.18. The van der Waals surface area contributed by atoms with E-state index >= 15 is 0 Å². The lowest BCUT2D eigenvalue weighted by atomic mass is 9.80. The van der Waals surface area contributed by atoms with Crippen LogP contribution >= 0.6 is 0 Å². The van der Waals surface area contributed by atoms with E-state index in [0.717, 1.165) is 22.4 Å². The molecule has 3 aromatic carbocycles. The Morgan fingerprint density at radius 2 is 1.26 bits per heavy atom. The minimum Gasteiger partial charge on any atom is -0.336 e. The maximum atomic E-state index is 5.53. The third-order valence-electron chi connectivity index (χ3n) is 4.73. The van der Waals surface area contributed by atoms with Crippen molar-refractivity contribution in [2.75, 3.05) is 0 Å². The van der Waals surface area contributed by atoms with Gasteiger partial charge in [-0.1, -0.05) is 99.6 Å². The van der Waals surface area contributed by atoms with Gasteiger partial charge >= 0.3 is 0 Å². The molecular weight excluding hydrogens is 332 g/mol. The SMILES string of the molecule is CC(C)(C)c1ccccc1-c1ccccc1-c1nnoc1-c1ccccc1. The first-order valence-electron chi connectivity index (χ1n) is 9.13. The van der Waals surface area contributed by atoms with Crippen LogP contribution in [0, 0.1) is 0 Å². The molecule has 1 aromatic heterocycles. The second-order valence-corrected chi connectivity index (χ2v) is 7.66. The number of aromatic nitrogens is 2. The Bertz CT molecular complexity index is 1060. The number of rotatable bonds is 3. The van der Waals surface area contributed by atoms with Crippen molar-refractivity contribution in [2.45, 2.75) is 26.2 Å². The van der Waals surface area contributed by atoms with Crippen LogP contribution in [-0.2, 0) is 5.41 Å². The zero-order valence-corrected chi connectivity index (χ0v) is 15.8. The fraction of sp³-hybridized carbons (Fsp3) is 0.167. The van der Waals surface area contributed by atoms with Gasteiger partial charge < -0.3 is 4.52 Å². The van der Waals surface area contributed by atoms with Gasteiger partial charge in [-0.15, -0.1) is 5.10 Å². The predicted octanol–water partition coefficient (Wildman–Crippen LogP) is 6.37. The topological polar surface area (TPSA) is 38.9 Å². The van der Waals surface area contributed by atoms with E-state index in [4.69, 9.17) is 4.52 Å². The van der Waals surface area contributed by atoms with Crippen LogP contribution in [-0.4, -0.2) is 10.4 Å². The van der Waals surface area contributed by atoms with E-state index in [-0.39, 0.29) is 5.41 Å². The maximum absolute atomic E-state index is 5.53. The Hall–Kier alpha value is -3.20. The lowest BCUT2D eigenvalue weighted by Crippen LogP contribution is -2.12. The Morgan fingerprint density at radius 3 is 1.96 bits per heavy atom. The highest BCUT2D eigenvalue weighted by Crippen LogP contribution is 2.40. The van der Waals surface area contributed by atoms with E-state index in [1.807, 2.05) is 36.4 Å². The quantitative estimate of drug-likeness (QED) is 0.429. The highest BCUT2D eigenvalue weighted by Gasteiger charge is 2.22. The zero-order valence-electron chi connectivity index (χ0n) is 15.8. The maximum Gasteiger partial charge on any atom is 0.195 e. The molecule has 1 heterocycles. The first-order valence-corrected chi connectivity index (χ1v) is 9.13. The molecule has 0 spiro atoms. The van der Waals surface area contributed by atoms with Crippen molar-refractivity contribution in [1.82, 2.24) is 10.4 Å². The molecule has 0 N–H and O–H groups in total. The van der Waals surface area contributed by atoms with E-state index < -0.39 is 0 Å². The number of benzene rings is 3. The summed E-state index contributed by atoms with van der Waals surface area (Å²) < 4.78 is 5.53. The predicted molar refractivity (Wildman–Crippen MR) is 109 cm³/mol.